The van der Waals surface area contributed by atoms with E-state index in [-0.39, 0.29) is 28.6 Å². The minimum atomic E-state index is -0.713. The average Bonchev–Trinajstić information content (AvgIpc) is 3.32. The zero-order valence-corrected chi connectivity index (χ0v) is 18.4. The van der Waals surface area contributed by atoms with E-state index in [1.54, 1.807) is 37.3 Å². The van der Waals surface area contributed by atoms with Gasteiger partial charge in [0.15, 0.2) is 6.61 Å². The maximum absolute atomic E-state index is 12.5. The molecule has 10 heteroatoms. The molecule has 32 heavy (non-hydrogen) atoms. The van der Waals surface area contributed by atoms with Crippen LogP contribution in [0, 0.1) is 17.0 Å². The topological polar surface area (TPSA) is 119 Å². The molecule has 0 aliphatic carbocycles. The van der Waals surface area contributed by atoms with E-state index in [0.717, 1.165) is 25.9 Å². The quantitative estimate of drug-likeness (QED) is 0.279. The molecule has 9 nitrogen and oxygen atoms in total. The van der Waals surface area contributed by atoms with Gasteiger partial charge in [-0.1, -0.05) is 18.2 Å². The van der Waals surface area contributed by atoms with Gasteiger partial charge in [0, 0.05) is 24.1 Å². The molecule has 2 aromatic carbocycles. The van der Waals surface area contributed by atoms with Gasteiger partial charge in [0.2, 0.25) is 5.91 Å². The van der Waals surface area contributed by atoms with E-state index < -0.39 is 23.4 Å². The van der Waals surface area contributed by atoms with Crippen molar-refractivity contribution in [3.8, 4) is 0 Å². The number of carbonyl (C=O) groups is 3. The van der Waals surface area contributed by atoms with Crippen LogP contribution in [0.15, 0.2) is 47.4 Å². The Morgan fingerprint density at radius 1 is 1.16 bits per heavy atom. The van der Waals surface area contributed by atoms with Crippen LogP contribution >= 0.6 is 11.8 Å². The highest BCUT2D eigenvalue weighted by Gasteiger charge is 2.21. The second-order valence-electron chi connectivity index (χ2n) is 7.27. The average molecular weight is 458 g/mol. The number of aryl methyl sites for hydroxylation is 1. The Hall–Kier alpha value is -3.40. The lowest BCUT2D eigenvalue weighted by Crippen LogP contribution is -2.29. The maximum Gasteiger partial charge on any atom is 0.339 e. The summed E-state index contributed by atoms with van der Waals surface area (Å²) in [5, 5.41) is 13.6. The number of carbonyl (C=O) groups excluding carboxylic acids is 3. The standard InChI is InChI=1S/C22H23N3O6S/c1-15-8-9-17(18(12-15)25(29)30)23-20(26)13-31-22(28)16-6-2-3-7-19(16)32-14-21(27)24-10-4-5-11-24/h2-3,6-9,12H,4-5,10-11,13-14H2,1H3,(H,23,26). The lowest BCUT2D eigenvalue weighted by atomic mass is 10.2. The Balaban J connectivity index is 1.57. The lowest BCUT2D eigenvalue weighted by Gasteiger charge is -2.15. The molecule has 0 spiro atoms. The van der Waals surface area contributed by atoms with Crippen LogP contribution in [0.4, 0.5) is 11.4 Å². The van der Waals surface area contributed by atoms with E-state index >= 15 is 0 Å². The number of anilines is 1. The maximum atomic E-state index is 12.5. The van der Waals surface area contributed by atoms with Crippen LogP contribution in [0.5, 0.6) is 0 Å². The van der Waals surface area contributed by atoms with E-state index in [2.05, 4.69) is 5.32 Å². The molecule has 1 heterocycles. The van der Waals surface area contributed by atoms with Crippen LogP contribution in [0.3, 0.4) is 0 Å². The Bertz CT molecular complexity index is 1040. The first-order valence-corrected chi connectivity index (χ1v) is 11.1. The van der Waals surface area contributed by atoms with Crippen molar-refractivity contribution in [1.82, 2.24) is 4.90 Å². The molecule has 0 saturated carbocycles. The molecule has 168 valence electrons. The van der Waals surface area contributed by atoms with Crippen LogP contribution in [0.25, 0.3) is 0 Å². The van der Waals surface area contributed by atoms with E-state index in [9.17, 15) is 24.5 Å². The number of rotatable bonds is 8. The minimum absolute atomic E-state index is 0.0229. The molecule has 0 unspecified atom stereocenters. The van der Waals surface area contributed by atoms with Gasteiger partial charge >= 0.3 is 5.97 Å². The number of nitrogens with one attached hydrogen (secondary N) is 1. The van der Waals surface area contributed by atoms with Crippen LogP contribution in [-0.2, 0) is 14.3 Å². The molecule has 1 aliphatic heterocycles. The molecule has 0 aromatic heterocycles. The van der Waals surface area contributed by atoms with E-state index in [1.165, 1.54) is 23.9 Å². The first-order valence-electron chi connectivity index (χ1n) is 10.1. The van der Waals surface area contributed by atoms with Crippen LogP contribution in [0.1, 0.15) is 28.8 Å². The van der Waals surface area contributed by atoms with Crippen molar-refractivity contribution < 1.29 is 24.0 Å². The molecule has 2 amide bonds. The molecule has 0 radical (unpaired) electrons. The molecule has 3 rings (SSSR count). The first-order chi connectivity index (χ1) is 15.3. The number of nitrogens with zero attached hydrogens (tertiary/aromatic N) is 2. The molecule has 1 saturated heterocycles. The number of benzene rings is 2. The minimum Gasteiger partial charge on any atom is -0.452 e. The number of likely N-dealkylation sites (tertiary alicyclic amines) is 1. The Labute approximate surface area is 189 Å². The lowest BCUT2D eigenvalue weighted by molar-refractivity contribution is -0.384. The van der Waals surface area contributed by atoms with Gasteiger partial charge in [0.05, 0.1) is 16.2 Å². The molecule has 0 atom stereocenters. The number of thioether (sulfide) groups is 1. The van der Waals surface area contributed by atoms with Crippen molar-refractivity contribution in [3.63, 3.8) is 0 Å². The van der Waals surface area contributed by atoms with Crippen molar-refractivity contribution in [2.45, 2.75) is 24.7 Å². The third kappa shape index (κ3) is 6.07. The SMILES string of the molecule is Cc1ccc(NC(=O)COC(=O)c2ccccc2SCC(=O)N2CCCC2)c([N+](=O)[O-])c1. The predicted molar refractivity (Wildman–Crippen MR) is 120 cm³/mol. The predicted octanol–water partition coefficient (Wildman–Crippen LogP) is 3.41. The normalized spacial score (nSPS) is 13.0. The summed E-state index contributed by atoms with van der Waals surface area (Å²) in [6, 6.07) is 11.1. The first kappa shape index (κ1) is 23.3. The van der Waals surface area contributed by atoms with E-state index in [0.29, 0.717) is 10.5 Å². The number of amides is 2. The highest BCUT2D eigenvalue weighted by Crippen LogP contribution is 2.26. The summed E-state index contributed by atoms with van der Waals surface area (Å²) in [5.74, 6) is -1.17. The number of nitro benzene ring substituents is 1. The monoisotopic (exact) mass is 457 g/mol. The fraction of sp³-hybridized carbons (Fsp3) is 0.318. The largest absolute Gasteiger partial charge is 0.452 e. The number of nitro groups is 1. The second kappa shape index (κ2) is 10.8. The van der Waals surface area contributed by atoms with Gasteiger partial charge in [-0.2, -0.15) is 0 Å². The van der Waals surface area contributed by atoms with E-state index in [1.807, 2.05) is 4.90 Å². The third-order valence-electron chi connectivity index (χ3n) is 4.88. The second-order valence-corrected chi connectivity index (χ2v) is 8.29. The number of hydrogen-bond donors (Lipinski definition) is 1. The Kier molecular flexibility index (Phi) is 7.82. The third-order valence-corrected chi connectivity index (χ3v) is 5.93. The number of esters is 1. The Morgan fingerprint density at radius 3 is 2.59 bits per heavy atom. The van der Waals surface area contributed by atoms with Gasteiger partial charge in [-0.05, 0) is 43.5 Å². The van der Waals surface area contributed by atoms with Crippen molar-refractivity contribution >= 4 is 40.9 Å². The fourth-order valence-electron chi connectivity index (χ4n) is 3.25. The zero-order chi connectivity index (χ0) is 23.1. The highest BCUT2D eigenvalue weighted by molar-refractivity contribution is 8.00. The molecular weight excluding hydrogens is 434 g/mol. The van der Waals surface area contributed by atoms with Crippen LogP contribution < -0.4 is 5.32 Å². The smallest absolute Gasteiger partial charge is 0.339 e. The van der Waals surface area contributed by atoms with Crippen molar-refractivity contribution in [1.29, 1.82) is 0 Å². The summed E-state index contributed by atoms with van der Waals surface area (Å²) in [5.41, 5.74) is 0.714. The summed E-state index contributed by atoms with van der Waals surface area (Å²) < 4.78 is 5.10. The van der Waals surface area contributed by atoms with Gasteiger partial charge < -0.3 is 15.0 Å². The summed E-state index contributed by atoms with van der Waals surface area (Å²) >= 11 is 1.25. The van der Waals surface area contributed by atoms with E-state index in [4.69, 9.17) is 4.74 Å². The molecule has 1 aliphatic rings. The zero-order valence-electron chi connectivity index (χ0n) is 17.5. The fourth-order valence-corrected chi connectivity index (χ4v) is 4.20. The van der Waals surface area contributed by atoms with Crippen molar-refractivity contribution in [2.24, 2.45) is 0 Å². The number of ether oxygens (including phenoxy) is 1. The Morgan fingerprint density at radius 2 is 1.88 bits per heavy atom. The van der Waals surface area contributed by atoms with Crippen molar-refractivity contribution in [3.05, 3.63) is 63.7 Å². The molecule has 1 N–H and O–H groups in total. The highest BCUT2D eigenvalue weighted by atomic mass is 32.2. The van der Waals surface area contributed by atoms with Crippen LogP contribution in [-0.4, -0.2) is 53.1 Å². The molecule has 0 bridgehead atoms. The summed E-state index contributed by atoms with van der Waals surface area (Å²) in [7, 11) is 0. The summed E-state index contributed by atoms with van der Waals surface area (Å²) in [6.45, 7) is 2.62. The van der Waals surface area contributed by atoms with Gasteiger partial charge in [0.25, 0.3) is 11.6 Å². The van der Waals surface area contributed by atoms with Gasteiger partial charge in [0.1, 0.15) is 5.69 Å². The number of hydrogen-bond acceptors (Lipinski definition) is 7. The van der Waals surface area contributed by atoms with Crippen molar-refractivity contribution in [2.75, 3.05) is 30.8 Å². The van der Waals surface area contributed by atoms with Gasteiger partial charge in [-0.25, -0.2) is 4.79 Å². The van der Waals surface area contributed by atoms with Gasteiger partial charge in [-0.15, -0.1) is 11.8 Å². The van der Waals surface area contributed by atoms with Gasteiger partial charge in [-0.3, -0.25) is 19.7 Å². The van der Waals surface area contributed by atoms with Crippen LogP contribution in [0.2, 0.25) is 0 Å². The molecular formula is C22H23N3O6S. The summed E-state index contributed by atoms with van der Waals surface area (Å²) in [6.07, 6.45) is 2.01. The summed E-state index contributed by atoms with van der Waals surface area (Å²) in [4.78, 5) is 50.0. The molecule has 1 fully saturated rings. The molecule has 2 aromatic rings.